The summed E-state index contributed by atoms with van der Waals surface area (Å²) in [4.78, 5) is 17.4. The fourth-order valence-corrected chi connectivity index (χ4v) is 3.16. The number of rotatable bonds is 3. The van der Waals surface area contributed by atoms with Crippen LogP contribution in [0, 0.1) is 5.92 Å². The van der Waals surface area contributed by atoms with Gasteiger partial charge in [0.2, 0.25) is 5.91 Å². The summed E-state index contributed by atoms with van der Waals surface area (Å²) in [7, 11) is 0. The van der Waals surface area contributed by atoms with Crippen molar-refractivity contribution in [1.29, 1.82) is 0 Å². The number of hydrogen-bond acceptors (Lipinski definition) is 4. The molecule has 4 nitrogen and oxygen atoms in total. The van der Waals surface area contributed by atoms with Gasteiger partial charge in [-0.3, -0.25) is 4.79 Å². The molecule has 1 fully saturated rings. The SMILES string of the molecule is CC(C)NC(=O)C1CCN(c2nc(C(F)(F)F)cs2)CC1. The molecule has 8 heteroatoms. The van der Waals surface area contributed by atoms with Crippen LogP contribution in [0.15, 0.2) is 5.38 Å². The number of hydrogen-bond donors (Lipinski definition) is 1. The number of nitrogens with one attached hydrogen (secondary N) is 1. The molecule has 0 saturated carbocycles. The highest BCUT2D eigenvalue weighted by molar-refractivity contribution is 7.13. The Morgan fingerprint density at radius 3 is 2.52 bits per heavy atom. The zero-order valence-corrected chi connectivity index (χ0v) is 12.7. The quantitative estimate of drug-likeness (QED) is 0.931. The number of carbonyl (C=O) groups is 1. The summed E-state index contributed by atoms with van der Waals surface area (Å²) in [6, 6.07) is 0.101. The predicted octanol–water partition coefficient (Wildman–Crippen LogP) is 2.90. The van der Waals surface area contributed by atoms with E-state index in [1.54, 1.807) is 0 Å². The number of anilines is 1. The lowest BCUT2D eigenvalue weighted by Gasteiger charge is -2.31. The number of thiazole rings is 1. The zero-order chi connectivity index (χ0) is 15.6. The molecule has 0 aromatic carbocycles. The van der Waals surface area contributed by atoms with Crippen molar-refractivity contribution in [3.8, 4) is 0 Å². The van der Waals surface area contributed by atoms with Crippen LogP contribution in [0.2, 0.25) is 0 Å². The van der Waals surface area contributed by atoms with Gasteiger partial charge in [-0.15, -0.1) is 11.3 Å². The van der Waals surface area contributed by atoms with Crippen molar-refractivity contribution in [3.63, 3.8) is 0 Å². The van der Waals surface area contributed by atoms with Crippen LogP contribution in [-0.2, 0) is 11.0 Å². The summed E-state index contributed by atoms with van der Waals surface area (Å²) >= 11 is 0.997. The highest BCUT2D eigenvalue weighted by Gasteiger charge is 2.35. The van der Waals surface area contributed by atoms with E-state index in [2.05, 4.69) is 10.3 Å². The van der Waals surface area contributed by atoms with Crippen LogP contribution >= 0.6 is 11.3 Å². The average Bonchev–Trinajstić information content (AvgIpc) is 2.87. The van der Waals surface area contributed by atoms with E-state index in [1.165, 1.54) is 0 Å². The van der Waals surface area contributed by atoms with Crippen LogP contribution in [0.5, 0.6) is 0 Å². The third-order valence-corrected chi connectivity index (χ3v) is 4.25. The number of aromatic nitrogens is 1. The van der Waals surface area contributed by atoms with Gasteiger partial charge >= 0.3 is 6.18 Å². The van der Waals surface area contributed by atoms with Crippen molar-refractivity contribution < 1.29 is 18.0 Å². The van der Waals surface area contributed by atoms with Crippen molar-refractivity contribution in [3.05, 3.63) is 11.1 Å². The molecule has 0 bridgehead atoms. The van der Waals surface area contributed by atoms with E-state index in [0.29, 0.717) is 31.1 Å². The Morgan fingerprint density at radius 2 is 2.05 bits per heavy atom. The fourth-order valence-electron chi connectivity index (χ4n) is 2.28. The van der Waals surface area contributed by atoms with Crippen LogP contribution in [0.25, 0.3) is 0 Å². The average molecular weight is 321 g/mol. The largest absolute Gasteiger partial charge is 0.434 e. The van der Waals surface area contributed by atoms with Crippen LogP contribution in [0.4, 0.5) is 18.3 Å². The lowest BCUT2D eigenvalue weighted by Crippen LogP contribution is -2.42. The van der Waals surface area contributed by atoms with Crippen LogP contribution < -0.4 is 10.2 Å². The summed E-state index contributed by atoms with van der Waals surface area (Å²) < 4.78 is 37.6. The standard InChI is InChI=1S/C13H18F3N3OS/c1-8(2)17-11(20)9-3-5-19(6-4-9)12-18-10(7-21-12)13(14,15)16/h7-9H,3-6H2,1-2H3,(H,17,20). The van der Waals surface area contributed by atoms with Crippen LogP contribution in [0.3, 0.4) is 0 Å². The molecule has 1 aliphatic rings. The van der Waals surface area contributed by atoms with Crippen molar-refractivity contribution in [2.24, 2.45) is 5.92 Å². The van der Waals surface area contributed by atoms with Gasteiger partial charge in [0.05, 0.1) is 0 Å². The second kappa shape index (κ2) is 6.21. The molecule has 1 aromatic heterocycles. The van der Waals surface area contributed by atoms with E-state index >= 15 is 0 Å². The van der Waals surface area contributed by atoms with Gasteiger partial charge < -0.3 is 10.2 Å². The van der Waals surface area contributed by atoms with Crippen LogP contribution in [0.1, 0.15) is 32.4 Å². The van der Waals surface area contributed by atoms with Gasteiger partial charge in [0, 0.05) is 30.4 Å². The molecule has 21 heavy (non-hydrogen) atoms. The number of piperidine rings is 1. The van der Waals surface area contributed by atoms with E-state index < -0.39 is 11.9 Å². The summed E-state index contributed by atoms with van der Waals surface area (Å²) in [5.74, 6) is -0.0366. The molecule has 2 rings (SSSR count). The Hall–Kier alpha value is -1.31. The van der Waals surface area contributed by atoms with Crippen molar-refractivity contribution >= 4 is 22.4 Å². The summed E-state index contributed by atoms with van der Waals surface area (Å²) in [6.07, 6.45) is -3.12. The molecule has 0 spiro atoms. The monoisotopic (exact) mass is 321 g/mol. The molecule has 1 N–H and O–H groups in total. The number of amides is 1. The van der Waals surface area contributed by atoms with Gasteiger partial charge in [-0.1, -0.05) is 0 Å². The number of alkyl halides is 3. The number of nitrogens with zero attached hydrogens (tertiary/aromatic N) is 2. The molecular weight excluding hydrogens is 303 g/mol. The molecular formula is C13H18F3N3OS. The second-order valence-electron chi connectivity index (χ2n) is 5.44. The van der Waals surface area contributed by atoms with E-state index in [1.807, 2.05) is 18.7 Å². The molecule has 1 aliphatic heterocycles. The lowest BCUT2D eigenvalue weighted by molar-refractivity contribution is -0.140. The van der Waals surface area contributed by atoms with Gasteiger partial charge in [0.1, 0.15) is 0 Å². The van der Waals surface area contributed by atoms with Gasteiger partial charge in [-0.05, 0) is 26.7 Å². The molecule has 0 atom stereocenters. The zero-order valence-electron chi connectivity index (χ0n) is 11.9. The topological polar surface area (TPSA) is 45.2 Å². The highest BCUT2D eigenvalue weighted by atomic mass is 32.1. The lowest BCUT2D eigenvalue weighted by atomic mass is 9.96. The minimum Gasteiger partial charge on any atom is -0.354 e. The number of halogens is 3. The predicted molar refractivity (Wildman–Crippen MR) is 75.3 cm³/mol. The minimum atomic E-state index is -4.40. The summed E-state index contributed by atoms with van der Waals surface area (Å²) in [6.45, 7) is 4.92. The molecule has 0 aliphatic carbocycles. The summed E-state index contributed by atoms with van der Waals surface area (Å²) in [5, 5.41) is 4.29. The first kappa shape index (κ1) is 16.1. The maximum Gasteiger partial charge on any atom is 0.434 e. The molecule has 1 amide bonds. The van der Waals surface area contributed by atoms with Gasteiger partial charge in [0.25, 0.3) is 0 Å². The van der Waals surface area contributed by atoms with Crippen LogP contribution in [-0.4, -0.2) is 30.0 Å². The Labute approximate surface area is 125 Å². The Bertz CT molecular complexity index is 493. The van der Waals surface area contributed by atoms with E-state index in [4.69, 9.17) is 0 Å². The third-order valence-electron chi connectivity index (χ3n) is 3.35. The first-order chi connectivity index (χ1) is 9.77. The van der Waals surface area contributed by atoms with Gasteiger partial charge in [-0.2, -0.15) is 13.2 Å². The smallest absolute Gasteiger partial charge is 0.354 e. The fraction of sp³-hybridized carbons (Fsp3) is 0.692. The van der Waals surface area contributed by atoms with Gasteiger partial charge in [-0.25, -0.2) is 4.98 Å². The van der Waals surface area contributed by atoms with E-state index in [-0.39, 0.29) is 17.9 Å². The van der Waals surface area contributed by atoms with Gasteiger partial charge in [0.15, 0.2) is 10.8 Å². The second-order valence-corrected chi connectivity index (χ2v) is 6.27. The van der Waals surface area contributed by atoms with Crippen molar-refractivity contribution in [2.45, 2.75) is 38.9 Å². The van der Waals surface area contributed by atoms with Crippen molar-refractivity contribution in [2.75, 3.05) is 18.0 Å². The molecule has 2 heterocycles. The maximum absolute atomic E-state index is 12.5. The Kier molecular flexibility index (Phi) is 4.75. The molecule has 0 radical (unpaired) electrons. The Balaban J connectivity index is 1.92. The molecule has 0 unspecified atom stereocenters. The van der Waals surface area contributed by atoms with E-state index in [9.17, 15) is 18.0 Å². The first-order valence-electron chi connectivity index (χ1n) is 6.85. The number of carbonyl (C=O) groups excluding carboxylic acids is 1. The Morgan fingerprint density at radius 1 is 1.43 bits per heavy atom. The minimum absolute atomic E-state index is 0.0276. The van der Waals surface area contributed by atoms with Crippen molar-refractivity contribution in [1.82, 2.24) is 10.3 Å². The highest BCUT2D eigenvalue weighted by Crippen LogP contribution is 2.34. The molecule has 1 saturated heterocycles. The first-order valence-corrected chi connectivity index (χ1v) is 7.73. The summed E-state index contributed by atoms with van der Waals surface area (Å²) in [5.41, 5.74) is -0.845. The maximum atomic E-state index is 12.5. The molecule has 118 valence electrons. The third kappa shape index (κ3) is 4.09. The molecule has 1 aromatic rings. The van der Waals surface area contributed by atoms with E-state index in [0.717, 1.165) is 16.7 Å². The normalized spacial score (nSPS) is 17.3.